The third kappa shape index (κ3) is 3.30. The van der Waals surface area contributed by atoms with Gasteiger partial charge in [0.25, 0.3) is 0 Å². The predicted molar refractivity (Wildman–Crippen MR) is 75.2 cm³/mol. The predicted octanol–water partition coefficient (Wildman–Crippen LogP) is 2.71. The highest BCUT2D eigenvalue weighted by molar-refractivity contribution is 7.18. The van der Waals surface area contributed by atoms with Gasteiger partial charge in [-0.05, 0) is 18.6 Å². The zero-order valence-corrected chi connectivity index (χ0v) is 12.2. The van der Waals surface area contributed by atoms with Crippen molar-refractivity contribution in [1.29, 1.82) is 0 Å². The van der Waals surface area contributed by atoms with E-state index in [4.69, 9.17) is 21.1 Å². The van der Waals surface area contributed by atoms with Crippen LogP contribution in [0, 0.1) is 0 Å². The maximum absolute atomic E-state index is 11.5. The van der Waals surface area contributed by atoms with Gasteiger partial charge in [0.1, 0.15) is 5.76 Å². The number of esters is 1. The summed E-state index contributed by atoms with van der Waals surface area (Å²) in [6.07, 6.45) is 1.99. The Morgan fingerprint density at radius 3 is 3.10 bits per heavy atom. The molecule has 0 aliphatic heterocycles. The van der Waals surface area contributed by atoms with Crippen molar-refractivity contribution in [2.45, 2.75) is 12.5 Å². The van der Waals surface area contributed by atoms with Crippen LogP contribution in [0.4, 0.5) is 5.13 Å². The lowest BCUT2D eigenvalue weighted by Crippen LogP contribution is -2.11. The number of thiazole rings is 1. The van der Waals surface area contributed by atoms with Crippen LogP contribution in [0.1, 0.15) is 27.9 Å². The number of ether oxygens (including phenoxy) is 1. The Balaban J connectivity index is 2.17. The van der Waals surface area contributed by atoms with E-state index in [2.05, 4.69) is 15.0 Å². The first-order chi connectivity index (χ1) is 9.65. The zero-order valence-electron chi connectivity index (χ0n) is 10.6. The van der Waals surface area contributed by atoms with Gasteiger partial charge in [0.15, 0.2) is 15.2 Å². The van der Waals surface area contributed by atoms with Gasteiger partial charge >= 0.3 is 5.97 Å². The summed E-state index contributed by atoms with van der Waals surface area (Å²) in [5.41, 5.74) is 0. The molecule has 20 heavy (non-hydrogen) atoms. The number of hydrogen-bond donors (Lipinski definition) is 2. The van der Waals surface area contributed by atoms with Gasteiger partial charge in [-0.3, -0.25) is 0 Å². The minimum Gasteiger partial charge on any atom is -0.467 e. The quantitative estimate of drug-likeness (QED) is 0.797. The molecule has 0 radical (unpaired) electrons. The molecule has 0 amide bonds. The molecule has 1 unspecified atom stereocenters. The second-order valence-corrected chi connectivity index (χ2v) is 5.21. The Morgan fingerprint density at radius 2 is 2.50 bits per heavy atom. The normalized spacial score (nSPS) is 12.2. The molecule has 0 aliphatic rings. The summed E-state index contributed by atoms with van der Waals surface area (Å²) in [5.74, 6) is 0.141. The first-order valence-corrected chi connectivity index (χ1v) is 7.00. The van der Waals surface area contributed by atoms with E-state index in [0.29, 0.717) is 17.3 Å². The van der Waals surface area contributed by atoms with Crippen molar-refractivity contribution in [3.05, 3.63) is 34.2 Å². The van der Waals surface area contributed by atoms with Gasteiger partial charge < -0.3 is 19.6 Å². The van der Waals surface area contributed by atoms with Crippen LogP contribution >= 0.6 is 22.9 Å². The first-order valence-electron chi connectivity index (χ1n) is 5.81. The smallest absolute Gasteiger partial charge is 0.351 e. The SMILES string of the molecule is COC(=O)c1sc(NC(CCO)c2ccco2)nc1Cl. The van der Waals surface area contributed by atoms with Crippen molar-refractivity contribution in [3.63, 3.8) is 0 Å². The van der Waals surface area contributed by atoms with Crippen LogP contribution in [0.5, 0.6) is 0 Å². The van der Waals surface area contributed by atoms with E-state index in [1.54, 1.807) is 18.4 Å². The number of nitrogens with one attached hydrogen (secondary N) is 1. The molecule has 0 aliphatic carbocycles. The van der Waals surface area contributed by atoms with Crippen molar-refractivity contribution in [2.75, 3.05) is 19.0 Å². The number of aliphatic hydroxyl groups excluding tert-OH is 1. The van der Waals surface area contributed by atoms with Crippen LogP contribution in [0.15, 0.2) is 22.8 Å². The van der Waals surface area contributed by atoms with Crippen molar-refractivity contribution >= 4 is 34.0 Å². The number of aliphatic hydroxyl groups is 1. The Morgan fingerprint density at radius 1 is 1.70 bits per heavy atom. The minimum atomic E-state index is -0.530. The summed E-state index contributed by atoms with van der Waals surface area (Å²) in [4.78, 5) is 15.8. The minimum absolute atomic E-state index is 0.0126. The summed E-state index contributed by atoms with van der Waals surface area (Å²) in [7, 11) is 1.28. The third-order valence-electron chi connectivity index (χ3n) is 2.56. The highest BCUT2D eigenvalue weighted by Crippen LogP contribution is 2.31. The number of rotatable bonds is 6. The van der Waals surface area contributed by atoms with E-state index in [1.807, 2.05) is 0 Å². The Hall–Kier alpha value is -1.57. The molecule has 2 N–H and O–H groups in total. The highest BCUT2D eigenvalue weighted by Gasteiger charge is 2.20. The Kier molecular flexibility index (Phi) is 4.99. The molecular formula is C12H13ClN2O4S. The van der Waals surface area contributed by atoms with Gasteiger partial charge in [0.05, 0.1) is 19.4 Å². The molecule has 0 saturated carbocycles. The maximum Gasteiger partial charge on any atom is 0.351 e. The van der Waals surface area contributed by atoms with Crippen molar-refractivity contribution in [1.82, 2.24) is 4.98 Å². The van der Waals surface area contributed by atoms with E-state index in [1.165, 1.54) is 7.11 Å². The Bertz CT molecular complexity index is 570. The van der Waals surface area contributed by atoms with E-state index < -0.39 is 5.97 Å². The van der Waals surface area contributed by atoms with Crippen LogP contribution < -0.4 is 5.32 Å². The fourth-order valence-electron chi connectivity index (χ4n) is 1.64. The van der Waals surface area contributed by atoms with Gasteiger partial charge in [0, 0.05) is 6.61 Å². The van der Waals surface area contributed by atoms with E-state index >= 15 is 0 Å². The first kappa shape index (κ1) is 14.8. The molecule has 0 saturated heterocycles. The fraction of sp³-hybridized carbons (Fsp3) is 0.333. The number of methoxy groups -OCH3 is 1. The average molecular weight is 317 g/mol. The average Bonchev–Trinajstić information content (AvgIpc) is 3.07. The molecule has 0 aromatic carbocycles. The van der Waals surface area contributed by atoms with Crippen LogP contribution in [0.2, 0.25) is 5.15 Å². The fourth-order valence-corrected chi connectivity index (χ4v) is 2.79. The summed E-state index contributed by atoms with van der Waals surface area (Å²) < 4.78 is 9.92. The summed E-state index contributed by atoms with van der Waals surface area (Å²) in [6.45, 7) is -0.0126. The second kappa shape index (κ2) is 6.74. The van der Waals surface area contributed by atoms with Gasteiger partial charge in [-0.2, -0.15) is 0 Å². The number of halogens is 1. The van der Waals surface area contributed by atoms with Crippen molar-refractivity contribution in [2.24, 2.45) is 0 Å². The van der Waals surface area contributed by atoms with Gasteiger partial charge in [0.2, 0.25) is 0 Å². The van der Waals surface area contributed by atoms with Crippen LogP contribution in [-0.2, 0) is 4.74 Å². The van der Waals surface area contributed by atoms with Crippen LogP contribution in [0.25, 0.3) is 0 Å². The molecule has 0 spiro atoms. The van der Waals surface area contributed by atoms with E-state index in [9.17, 15) is 4.79 Å². The summed E-state index contributed by atoms with van der Waals surface area (Å²) >= 11 is 6.98. The molecule has 2 rings (SSSR count). The molecule has 8 heteroatoms. The maximum atomic E-state index is 11.5. The van der Waals surface area contributed by atoms with Crippen molar-refractivity contribution in [3.8, 4) is 0 Å². The van der Waals surface area contributed by atoms with Crippen LogP contribution in [-0.4, -0.2) is 29.8 Å². The lowest BCUT2D eigenvalue weighted by atomic mass is 10.1. The largest absolute Gasteiger partial charge is 0.467 e. The number of carbonyl (C=O) groups is 1. The van der Waals surface area contributed by atoms with Gasteiger partial charge in [-0.1, -0.05) is 22.9 Å². The van der Waals surface area contributed by atoms with Gasteiger partial charge in [-0.15, -0.1) is 0 Å². The number of furan rings is 1. The Labute approximate surface area is 124 Å². The number of hydrogen-bond acceptors (Lipinski definition) is 7. The summed E-state index contributed by atoms with van der Waals surface area (Å²) in [6, 6.07) is 3.31. The molecule has 2 aromatic rings. The molecule has 108 valence electrons. The molecule has 2 heterocycles. The molecule has 0 fully saturated rings. The molecular weight excluding hydrogens is 304 g/mol. The molecule has 0 bridgehead atoms. The molecule has 6 nitrogen and oxygen atoms in total. The van der Waals surface area contributed by atoms with Crippen LogP contribution in [0.3, 0.4) is 0 Å². The summed E-state index contributed by atoms with van der Waals surface area (Å²) in [5, 5.41) is 12.7. The number of carbonyl (C=O) groups excluding carboxylic acids is 1. The topological polar surface area (TPSA) is 84.6 Å². The second-order valence-electron chi connectivity index (χ2n) is 3.86. The number of nitrogens with zero attached hydrogens (tertiary/aromatic N) is 1. The monoisotopic (exact) mass is 316 g/mol. The van der Waals surface area contributed by atoms with E-state index in [-0.39, 0.29) is 22.7 Å². The molecule has 2 aromatic heterocycles. The van der Waals surface area contributed by atoms with Crippen molar-refractivity contribution < 1.29 is 19.1 Å². The lowest BCUT2D eigenvalue weighted by Gasteiger charge is -2.14. The van der Waals surface area contributed by atoms with E-state index in [0.717, 1.165) is 11.3 Å². The van der Waals surface area contributed by atoms with Gasteiger partial charge in [-0.25, -0.2) is 9.78 Å². The standard InChI is InChI=1S/C12H13ClN2O4S/c1-18-11(17)9-10(13)15-12(20-9)14-7(4-5-16)8-3-2-6-19-8/h2-3,6-7,16H,4-5H2,1H3,(H,14,15). The highest BCUT2D eigenvalue weighted by atomic mass is 35.5. The lowest BCUT2D eigenvalue weighted by molar-refractivity contribution is 0.0606. The number of anilines is 1. The zero-order chi connectivity index (χ0) is 14.5. The third-order valence-corrected chi connectivity index (χ3v) is 3.91. The molecule has 1 atom stereocenters. The number of aromatic nitrogens is 1.